The van der Waals surface area contributed by atoms with Crippen molar-refractivity contribution in [2.24, 2.45) is 0 Å². The monoisotopic (exact) mass is 286 g/mol. The van der Waals surface area contributed by atoms with E-state index >= 15 is 0 Å². The molecule has 0 aliphatic rings. The first-order valence-electron chi connectivity index (χ1n) is 6.81. The zero-order valence-electron chi connectivity index (χ0n) is 12.4. The van der Waals surface area contributed by atoms with E-state index in [0.29, 0.717) is 5.56 Å². The molecule has 4 heteroatoms. The van der Waals surface area contributed by atoms with Crippen molar-refractivity contribution >= 4 is 11.6 Å². The molecule has 0 aliphatic carbocycles. The minimum atomic E-state index is -0.281. The van der Waals surface area contributed by atoms with Gasteiger partial charge < -0.3 is 10.2 Å². The normalized spacial score (nSPS) is 11.8. The molecule has 0 aromatic heterocycles. The van der Waals surface area contributed by atoms with Crippen LogP contribution in [0, 0.1) is 5.82 Å². The van der Waals surface area contributed by atoms with Gasteiger partial charge in [0.2, 0.25) is 0 Å². The number of anilines is 1. The molecular formula is C17H19FN2O. The fourth-order valence-electron chi connectivity index (χ4n) is 2.03. The van der Waals surface area contributed by atoms with Crippen LogP contribution in [0.1, 0.15) is 28.9 Å². The molecule has 2 aromatic carbocycles. The zero-order chi connectivity index (χ0) is 15.4. The van der Waals surface area contributed by atoms with Crippen LogP contribution in [0.2, 0.25) is 0 Å². The maximum absolute atomic E-state index is 12.9. The lowest BCUT2D eigenvalue weighted by molar-refractivity contribution is 0.0940. The maximum atomic E-state index is 12.9. The number of nitrogens with one attached hydrogen (secondary N) is 1. The molecular weight excluding hydrogens is 267 g/mol. The third kappa shape index (κ3) is 3.81. The van der Waals surface area contributed by atoms with Crippen LogP contribution in [0.5, 0.6) is 0 Å². The Morgan fingerprint density at radius 1 is 1.05 bits per heavy atom. The highest BCUT2D eigenvalue weighted by Gasteiger charge is 2.11. The quantitative estimate of drug-likeness (QED) is 0.934. The summed E-state index contributed by atoms with van der Waals surface area (Å²) >= 11 is 0. The molecule has 0 radical (unpaired) electrons. The molecule has 110 valence electrons. The summed E-state index contributed by atoms with van der Waals surface area (Å²) in [5.41, 5.74) is 2.52. The van der Waals surface area contributed by atoms with Gasteiger partial charge in [-0.1, -0.05) is 12.1 Å². The molecule has 1 N–H and O–H groups in total. The van der Waals surface area contributed by atoms with E-state index in [1.807, 2.05) is 38.1 Å². The fourth-order valence-corrected chi connectivity index (χ4v) is 2.03. The minimum absolute atomic E-state index is 0.142. The third-order valence-electron chi connectivity index (χ3n) is 3.36. The summed E-state index contributed by atoms with van der Waals surface area (Å²) in [7, 11) is 3.90. The van der Waals surface area contributed by atoms with Gasteiger partial charge in [0.25, 0.3) is 5.91 Å². The molecule has 0 spiro atoms. The molecule has 0 saturated heterocycles. The van der Waals surface area contributed by atoms with Crippen molar-refractivity contribution in [1.29, 1.82) is 0 Å². The Hall–Kier alpha value is -2.36. The first-order chi connectivity index (χ1) is 9.97. The van der Waals surface area contributed by atoms with Gasteiger partial charge in [-0.05, 0) is 48.9 Å². The van der Waals surface area contributed by atoms with E-state index in [9.17, 15) is 9.18 Å². The molecule has 3 nitrogen and oxygen atoms in total. The number of carbonyl (C=O) groups is 1. The highest BCUT2D eigenvalue weighted by atomic mass is 19.1. The van der Waals surface area contributed by atoms with E-state index in [1.165, 1.54) is 12.1 Å². The molecule has 1 amide bonds. The molecule has 2 rings (SSSR count). The van der Waals surface area contributed by atoms with Gasteiger partial charge in [-0.15, -0.1) is 0 Å². The van der Waals surface area contributed by atoms with Crippen LogP contribution in [-0.2, 0) is 0 Å². The summed E-state index contributed by atoms with van der Waals surface area (Å²) in [4.78, 5) is 14.2. The van der Waals surface area contributed by atoms with E-state index in [1.54, 1.807) is 24.3 Å². The van der Waals surface area contributed by atoms with Gasteiger partial charge in [-0.25, -0.2) is 4.39 Å². The molecule has 2 aromatic rings. The summed E-state index contributed by atoms with van der Waals surface area (Å²) in [6.45, 7) is 1.87. The van der Waals surface area contributed by atoms with Crippen LogP contribution in [0.15, 0.2) is 48.5 Å². The molecule has 21 heavy (non-hydrogen) atoms. The van der Waals surface area contributed by atoms with Crippen molar-refractivity contribution < 1.29 is 9.18 Å². The molecule has 0 fully saturated rings. The van der Waals surface area contributed by atoms with Gasteiger partial charge in [0, 0.05) is 25.3 Å². The van der Waals surface area contributed by atoms with Crippen LogP contribution in [-0.4, -0.2) is 20.0 Å². The minimum Gasteiger partial charge on any atom is -0.378 e. The maximum Gasteiger partial charge on any atom is 0.251 e. The van der Waals surface area contributed by atoms with Crippen molar-refractivity contribution in [3.63, 3.8) is 0 Å². The van der Waals surface area contributed by atoms with Crippen LogP contribution < -0.4 is 10.2 Å². The van der Waals surface area contributed by atoms with Crippen LogP contribution >= 0.6 is 0 Å². The number of benzene rings is 2. The molecule has 0 unspecified atom stereocenters. The number of carbonyl (C=O) groups excluding carboxylic acids is 1. The lowest BCUT2D eigenvalue weighted by Gasteiger charge is -2.16. The topological polar surface area (TPSA) is 32.3 Å². The second kappa shape index (κ2) is 6.39. The van der Waals surface area contributed by atoms with Crippen LogP contribution in [0.3, 0.4) is 0 Å². The standard InChI is InChI=1S/C17H19FN2O/c1-12(13-4-8-15(18)9-5-13)19-17(21)14-6-10-16(11-7-14)20(2)3/h4-12H,1-3H3,(H,19,21)/t12-/m1/s1. The average Bonchev–Trinajstić information content (AvgIpc) is 2.47. The number of rotatable bonds is 4. The van der Waals surface area contributed by atoms with Crippen molar-refractivity contribution in [3.05, 3.63) is 65.5 Å². The highest BCUT2D eigenvalue weighted by Crippen LogP contribution is 2.15. The van der Waals surface area contributed by atoms with Crippen molar-refractivity contribution in [2.45, 2.75) is 13.0 Å². The Labute approximate surface area is 124 Å². The Balaban J connectivity index is 2.05. The van der Waals surface area contributed by atoms with E-state index in [4.69, 9.17) is 0 Å². The first-order valence-corrected chi connectivity index (χ1v) is 6.81. The predicted octanol–water partition coefficient (Wildman–Crippen LogP) is 3.38. The Bertz CT molecular complexity index is 606. The van der Waals surface area contributed by atoms with Gasteiger partial charge in [0.1, 0.15) is 5.82 Å². The van der Waals surface area contributed by atoms with E-state index in [-0.39, 0.29) is 17.8 Å². The van der Waals surface area contributed by atoms with Gasteiger partial charge in [0.15, 0.2) is 0 Å². The number of amides is 1. The lowest BCUT2D eigenvalue weighted by atomic mass is 10.1. The molecule has 0 heterocycles. The summed E-state index contributed by atoms with van der Waals surface area (Å²) in [5.74, 6) is -0.423. The number of hydrogen-bond donors (Lipinski definition) is 1. The van der Waals surface area contributed by atoms with Crippen molar-refractivity contribution in [1.82, 2.24) is 5.32 Å². The number of hydrogen-bond acceptors (Lipinski definition) is 2. The van der Waals surface area contributed by atoms with E-state index in [2.05, 4.69) is 5.32 Å². The number of halogens is 1. The van der Waals surface area contributed by atoms with Gasteiger partial charge in [-0.3, -0.25) is 4.79 Å². The van der Waals surface area contributed by atoms with Crippen LogP contribution in [0.4, 0.5) is 10.1 Å². The summed E-state index contributed by atoms with van der Waals surface area (Å²) in [5, 5.41) is 2.91. The van der Waals surface area contributed by atoms with Crippen molar-refractivity contribution in [3.8, 4) is 0 Å². The van der Waals surface area contributed by atoms with Gasteiger partial charge >= 0.3 is 0 Å². The summed E-state index contributed by atoms with van der Waals surface area (Å²) in [6.07, 6.45) is 0. The highest BCUT2D eigenvalue weighted by molar-refractivity contribution is 5.94. The SMILES string of the molecule is C[C@@H](NC(=O)c1ccc(N(C)C)cc1)c1ccc(F)cc1. The average molecular weight is 286 g/mol. The largest absolute Gasteiger partial charge is 0.378 e. The zero-order valence-corrected chi connectivity index (χ0v) is 12.4. The Kier molecular flexibility index (Phi) is 4.58. The summed E-state index contributed by atoms with van der Waals surface area (Å²) in [6, 6.07) is 13.4. The smallest absolute Gasteiger partial charge is 0.251 e. The number of nitrogens with zero attached hydrogens (tertiary/aromatic N) is 1. The van der Waals surface area contributed by atoms with Crippen LogP contribution in [0.25, 0.3) is 0 Å². The summed E-state index contributed by atoms with van der Waals surface area (Å²) < 4.78 is 12.9. The first kappa shape index (κ1) is 15.0. The van der Waals surface area contributed by atoms with Crippen molar-refractivity contribution in [2.75, 3.05) is 19.0 Å². The van der Waals surface area contributed by atoms with Gasteiger partial charge in [-0.2, -0.15) is 0 Å². The predicted molar refractivity (Wildman–Crippen MR) is 83.1 cm³/mol. The van der Waals surface area contributed by atoms with Gasteiger partial charge in [0.05, 0.1) is 6.04 Å². The second-order valence-corrected chi connectivity index (χ2v) is 5.19. The molecule has 0 aliphatic heterocycles. The second-order valence-electron chi connectivity index (χ2n) is 5.19. The lowest BCUT2D eigenvalue weighted by Crippen LogP contribution is -2.26. The Morgan fingerprint density at radius 2 is 1.62 bits per heavy atom. The van der Waals surface area contributed by atoms with E-state index < -0.39 is 0 Å². The third-order valence-corrected chi connectivity index (χ3v) is 3.36. The molecule has 1 atom stereocenters. The molecule has 0 bridgehead atoms. The Morgan fingerprint density at radius 3 is 2.14 bits per heavy atom. The van der Waals surface area contributed by atoms with E-state index in [0.717, 1.165) is 11.3 Å². The molecule has 0 saturated carbocycles. The fraction of sp³-hybridized carbons (Fsp3) is 0.235.